The number of nitrogens with zero attached hydrogens (tertiary/aromatic N) is 2. The highest BCUT2D eigenvalue weighted by Crippen LogP contribution is 2.20. The van der Waals surface area contributed by atoms with Crippen molar-refractivity contribution in [1.82, 2.24) is 0 Å². The molecule has 0 saturated carbocycles. The van der Waals surface area contributed by atoms with E-state index in [-0.39, 0.29) is 5.75 Å². The number of rotatable bonds is 2. The second-order valence-electron chi connectivity index (χ2n) is 3.95. The van der Waals surface area contributed by atoms with E-state index in [0.29, 0.717) is 16.8 Å². The van der Waals surface area contributed by atoms with Gasteiger partial charge in [-0.05, 0) is 31.2 Å². The summed E-state index contributed by atoms with van der Waals surface area (Å²) in [6.45, 7) is 1.94. The van der Waals surface area contributed by atoms with Gasteiger partial charge in [0, 0.05) is 11.8 Å². The Balaban J connectivity index is 2.36. The molecule has 2 rings (SSSR count). The van der Waals surface area contributed by atoms with Crippen molar-refractivity contribution in [3.63, 3.8) is 0 Å². The van der Waals surface area contributed by atoms with E-state index >= 15 is 0 Å². The quantitative estimate of drug-likeness (QED) is 0.813. The van der Waals surface area contributed by atoms with E-state index in [1.807, 2.05) is 25.1 Å². The maximum absolute atomic E-state index is 9.68. The van der Waals surface area contributed by atoms with E-state index in [1.165, 1.54) is 0 Å². The SMILES string of the molecule is Cc1ccc(O)c(C=Nc2ccccc2C#N)c1. The first-order valence-electron chi connectivity index (χ1n) is 5.53. The van der Waals surface area contributed by atoms with Gasteiger partial charge in [-0.2, -0.15) is 5.26 Å². The third-order valence-corrected chi connectivity index (χ3v) is 2.55. The van der Waals surface area contributed by atoms with E-state index in [4.69, 9.17) is 5.26 Å². The second-order valence-corrected chi connectivity index (χ2v) is 3.95. The van der Waals surface area contributed by atoms with E-state index < -0.39 is 0 Å². The lowest BCUT2D eigenvalue weighted by Crippen LogP contribution is -1.84. The Bertz CT molecular complexity index is 639. The molecule has 0 atom stereocenters. The van der Waals surface area contributed by atoms with Crippen molar-refractivity contribution < 1.29 is 5.11 Å². The number of aryl methyl sites for hydroxylation is 1. The molecule has 0 unspecified atom stereocenters. The minimum Gasteiger partial charge on any atom is -0.507 e. The zero-order chi connectivity index (χ0) is 13.0. The molecule has 0 bridgehead atoms. The predicted octanol–water partition coefficient (Wildman–Crippen LogP) is 3.32. The molecule has 88 valence electrons. The monoisotopic (exact) mass is 236 g/mol. The van der Waals surface area contributed by atoms with Crippen molar-refractivity contribution in [2.24, 2.45) is 4.99 Å². The van der Waals surface area contributed by atoms with Crippen molar-refractivity contribution in [2.75, 3.05) is 0 Å². The fraction of sp³-hybridized carbons (Fsp3) is 0.0667. The zero-order valence-corrected chi connectivity index (χ0v) is 9.96. The minimum absolute atomic E-state index is 0.179. The fourth-order valence-corrected chi connectivity index (χ4v) is 1.60. The molecule has 3 nitrogen and oxygen atoms in total. The molecule has 0 aliphatic heterocycles. The summed E-state index contributed by atoms with van der Waals surface area (Å²) >= 11 is 0. The number of aliphatic imine (C=N–C) groups is 1. The lowest BCUT2D eigenvalue weighted by Gasteiger charge is -2.00. The number of phenols is 1. The van der Waals surface area contributed by atoms with Gasteiger partial charge in [0.1, 0.15) is 11.8 Å². The number of nitriles is 1. The normalized spacial score (nSPS) is 10.4. The molecule has 0 spiro atoms. The molecule has 0 aliphatic rings. The highest BCUT2D eigenvalue weighted by molar-refractivity contribution is 5.86. The van der Waals surface area contributed by atoms with Gasteiger partial charge in [0.2, 0.25) is 0 Å². The average molecular weight is 236 g/mol. The Hall–Kier alpha value is -2.60. The molecule has 0 fully saturated rings. The summed E-state index contributed by atoms with van der Waals surface area (Å²) < 4.78 is 0. The van der Waals surface area contributed by atoms with Crippen LogP contribution in [0.15, 0.2) is 47.5 Å². The van der Waals surface area contributed by atoms with Crippen LogP contribution in [0.5, 0.6) is 5.75 Å². The van der Waals surface area contributed by atoms with Crippen LogP contribution in [0.25, 0.3) is 0 Å². The van der Waals surface area contributed by atoms with Crippen LogP contribution in [0, 0.1) is 18.3 Å². The van der Waals surface area contributed by atoms with Gasteiger partial charge in [0.05, 0.1) is 11.3 Å². The summed E-state index contributed by atoms with van der Waals surface area (Å²) in [7, 11) is 0. The van der Waals surface area contributed by atoms with E-state index in [1.54, 1.807) is 30.5 Å². The van der Waals surface area contributed by atoms with Crippen molar-refractivity contribution in [2.45, 2.75) is 6.92 Å². The largest absolute Gasteiger partial charge is 0.507 e. The van der Waals surface area contributed by atoms with Gasteiger partial charge in [0.15, 0.2) is 0 Å². The maximum atomic E-state index is 9.68. The van der Waals surface area contributed by atoms with Crippen LogP contribution >= 0.6 is 0 Å². The molecular weight excluding hydrogens is 224 g/mol. The van der Waals surface area contributed by atoms with Gasteiger partial charge in [-0.25, -0.2) is 0 Å². The lowest BCUT2D eigenvalue weighted by atomic mass is 10.1. The Morgan fingerprint density at radius 1 is 1.22 bits per heavy atom. The van der Waals surface area contributed by atoms with Crippen LogP contribution < -0.4 is 0 Å². The molecule has 0 radical (unpaired) electrons. The van der Waals surface area contributed by atoms with Gasteiger partial charge in [-0.15, -0.1) is 0 Å². The molecule has 0 heterocycles. The summed E-state index contributed by atoms with van der Waals surface area (Å²) in [5.41, 5.74) is 2.80. The molecule has 2 aromatic carbocycles. The van der Waals surface area contributed by atoms with E-state index in [2.05, 4.69) is 11.1 Å². The molecule has 0 aromatic heterocycles. The summed E-state index contributed by atoms with van der Waals surface area (Å²) in [5, 5.41) is 18.6. The predicted molar refractivity (Wildman–Crippen MR) is 71.3 cm³/mol. The molecule has 18 heavy (non-hydrogen) atoms. The first-order chi connectivity index (χ1) is 8.70. The minimum atomic E-state index is 0.179. The summed E-state index contributed by atoms with van der Waals surface area (Å²) in [6, 6.07) is 14.5. The zero-order valence-electron chi connectivity index (χ0n) is 9.96. The Labute approximate surface area is 106 Å². The van der Waals surface area contributed by atoms with Crippen molar-refractivity contribution in [1.29, 1.82) is 5.26 Å². The average Bonchev–Trinajstić information content (AvgIpc) is 2.40. The Morgan fingerprint density at radius 2 is 2.00 bits per heavy atom. The third kappa shape index (κ3) is 2.55. The summed E-state index contributed by atoms with van der Waals surface area (Å²) in [6.07, 6.45) is 1.57. The number of para-hydroxylation sites is 1. The highest BCUT2D eigenvalue weighted by atomic mass is 16.3. The lowest BCUT2D eigenvalue weighted by molar-refractivity contribution is 0.474. The first-order valence-corrected chi connectivity index (χ1v) is 5.53. The molecule has 1 N–H and O–H groups in total. The summed E-state index contributed by atoms with van der Waals surface area (Å²) in [5.74, 6) is 0.179. The van der Waals surface area contributed by atoms with Crippen molar-refractivity contribution >= 4 is 11.9 Å². The first kappa shape index (κ1) is 11.9. The number of hydrogen-bond acceptors (Lipinski definition) is 3. The van der Waals surface area contributed by atoms with Gasteiger partial charge in [0.25, 0.3) is 0 Å². The van der Waals surface area contributed by atoms with Gasteiger partial charge < -0.3 is 5.11 Å². The maximum Gasteiger partial charge on any atom is 0.124 e. The Morgan fingerprint density at radius 3 is 2.78 bits per heavy atom. The number of phenolic OH excluding ortho intramolecular Hbond substituents is 1. The van der Waals surface area contributed by atoms with Crippen LogP contribution in [0.4, 0.5) is 5.69 Å². The molecule has 3 heteroatoms. The molecule has 0 aliphatic carbocycles. The fourth-order valence-electron chi connectivity index (χ4n) is 1.60. The molecule has 0 amide bonds. The van der Waals surface area contributed by atoms with Gasteiger partial charge in [-0.3, -0.25) is 4.99 Å². The molecular formula is C15H12N2O. The topological polar surface area (TPSA) is 56.4 Å². The molecule has 0 saturated heterocycles. The van der Waals surface area contributed by atoms with Crippen LogP contribution in [0.2, 0.25) is 0 Å². The Kier molecular flexibility index (Phi) is 3.40. The second kappa shape index (κ2) is 5.15. The summed E-state index contributed by atoms with van der Waals surface area (Å²) in [4.78, 5) is 4.24. The van der Waals surface area contributed by atoms with Crippen molar-refractivity contribution in [3.05, 3.63) is 59.2 Å². The van der Waals surface area contributed by atoms with Crippen LogP contribution in [-0.4, -0.2) is 11.3 Å². The third-order valence-electron chi connectivity index (χ3n) is 2.55. The number of benzene rings is 2. The van der Waals surface area contributed by atoms with E-state index in [0.717, 1.165) is 5.56 Å². The number of aromatic hydroxyl groups is 1. The standard InChI is InChI=1S/C15H12N2O/c1-11-6-7-15(18)13(8-11)10-17-14-5-3-2-4-12(14)9-16/h2-8,10,18H,1H3. The van der Waals surface area contributed by atoms with E-state index in [9.17, 15) is 5.11 Å². The smallest absolute Gasteiger partial charge is 0.124 e. The molecule has 2 aromatic rings. The van der Waals surface area contributed by atoms with Crippen LogP contribution in [0.1, 0.15) is 16.7 Å². The highest BCUT2D eigenvalue weighted by Gasteiger charge is 2.00. The van der Waals surface area contributed by atoms with Crippen LogP contribution in [-0.2, 0) is 0 Å². The van der Waals surface area contributed by atoms with Gasteiger partial charge >= 0.3 is 0 Å². The van der Waals surface area contributed by atoms with Crippen LogP contribution in [0.3, 0.4) is 0 Å². The van der Waals surface area contributed by atoms with Gasteiger partial charge in [-0.1, -0.05) is 23.8 Å². The number of hydrogen-bond donors (Lipinski definition) is 1. The van der Waals surface area contributed by atoms with Crippen molar-refractivity contribution in [3.8, 4) is 11.8 Å².